The fourth-order valence-electron chi connectivity index (χ4n) is 1.79. The van der Waals surface area contributed by atoms with E-state index in [4.69, 9.17) is 9.84 Å². The predicted molar refractivity (Wildman–Crippen MR) is 60.0 cm³/mol. The minimum atomic E-state index is -0.885. The normalized spacial score (nSPS) is 13.1. The van der Waals surface area contributed by atoms with Crippen molar-refractivity contribution in [2.45, 2.75) is 12.8 Å². The van der Waals surface area contributed by atoms with Crippen LogP contribution in [0.15, 0.2) is 18.2 Å². The zero-order valence-corrected chi connectivity index (χ0v) is 9.27. The largest absolute Gasteiger partial charge is 0.493 e. The number of carbonyl (C=O) groups is 1. The van der Waals surface area contributed by atoms with Crippen molar-refractivity contribution in [3.8, 4) is 5.75 Å². The molecule has 0 saturated carbocycles. The van der Waals surface area contributed by atoms with Gasteiger partial charge in [0.2, 0.25) is 0 Å². The van der Waals surface area contributed by atoms with E-state index in [1.165, 1.54) is 10.5 Å². The van der Waals surface area contributed by atoms with Gasteiger partial charge in [-0.15, -0.1) is 0 Å². The maximum Gasteiger partial charge on any atom is 0.407 e. The number of fused-ring (bicyclic) bond motifs is 1. The second-order valence-corrected chi connectivity index (χ2v) is 3.99. The van der Waals surface area contributed by atoms with E-state index in [1.807, 2.05) is 12.1 Å². The summed E-state index contributed by atoms with van der Waals surface area (Å²) < 4.78 is 5.41. The van der Waals surface area contributed by atoms with Crippen molar-refractivity contribution in [3.63, 3.8) is 0 Å². The maximum atomic E-state index is 10.6. The van der Waals surface area contributed by atoms with Gasteiger partial charge in [-0.05, 0) is 23.6 Å². The van der Waals surface area contributed by atoms with Crippen molar-refractivity contribution < 1.29 is 14.6 Å². The smallest absolute Gasteiger partial charge is 0.407 e. The number of nitrogens with zero attached hydrogens (tertiary/aromatic N) is 1. The second kappa shape index (κ2) is 4.43. The van der Waals surface area contributed by atoms with E-state index in [1.54, 1.807) is 7.05 Å². The number of amides is 1. The molecule has 0 radical (unpaired) electrons. The molecule has 4 heteroatoms. The van der Waals surface area contributed by atoms with Gasteiger partial charge < -0.3 is 14.7 Å². The summed E-state index contributed by atoms with van der Waals surface area (Å²) in [7, 11) is 1.58. The van der Waals surface area contributed by atoms with Gasteiger partial charge in [0.25, 0.3) is 0 Å². The molecule has 2 rings (SSSR count). The van der Waals surface area contributed by atoms with Crippen LogP contribution in [-0.2, 0) is 12.8 Å². The number of rotatable bonds is 3. The highest BCUT2D eigenvalue weighted by molar-refractivity contribution is 5.64. The lowest BCUT2D eigenvalue weighted by atomic mass is 10.1. The predicted octanol–water partition coefficient (Wildman–Crippen LogP) is 1.77. The first-order chi connectivity index (χ1) is 7.66. The summed E-state index contributed by atoms with van der Waals surface area (Å²) in [5.74, 6) is 0.968. The van der Waals surface area contributed by atoms with Crippen molar-refractivity contribution >= 4 is 6.09 Å². The van der Waals surface area contributed by atoms with Crippen LogP contribution < -0.4 is 4.74 Å². The van der Waals surface area contributed by atoms with E-state index in [9.17, 15) is 4.79 Å². The first kappa shape index (κ1) is 10.8. The lowest BCUT2D eigenvalue weighted by Gasteiger charge is -2.12. The fraction of sp³-hybridized carbons (Fsp3) is 0.417. The summed E-state index contributed by atoms with van der Waals surface area (Å²) in [5.41, 5.74) is 2.40. The number of hydrogen-bond donors (Lipinski definition) is 1. The van der Waals surface area contributed by atoms with Crippen molar-refractivity contribution in [3.05, 3.63) is 29.3 Å². The van der Waals surface area contributed by atoms with Gasteiger partial charge in [0.1, 0.15) is 5.75 Å². The lowest BCUT2D eigenvalue weighted by Crippen LogP contribution is -2.26. The Morgan fingerprint density at radius 3 is 3.12 bits per heavy atom. The molecule has 1 aromatic carbocycles. The molecule has 0 unspecified atom stereocenters. The van der Waals surface area contributed by atoms with Crippen molar-refractivity contribution in [1.29, 1.82) is 0 Å². The third-order valence-electron chi connectivity index (χ3n) is 2.82. The standard InChI is InChI=1S/C12H15NO3/c1-13(12(14)15)6-4-9-2-3-11-10(8-9)5-7-16-11/h2-3,8H,4-7H2,1H3,(H,14,15). The third-order valence-corrected chi connectivity index (χ3v) is 2.82. The quantitative estimate of drug-likeness (QED) is 0.846. The van der Waals surface area contributed by atoms with Crippen LogP contribution in [0.4, 0.5) is 4.79 Å². The molecule has 1 heterocycles. The van der Waals surface area contributed by atoms with Gasteiger partial charge in [0.05, 0.1) is 6.61 Å². The van der Waals surface area contributed by atoms with Gasteiger partial charge in [-0.3, -0.25) is 0 Å². The number of ether oxygens (including phenoxy) is 1. The molecule has 16 heavy (non-hydrogen) atoms. The van der Waals surface area contributed by atoms with Crippen LogP contribution in [0.5, 0.6) is 5.75 Å². The molecule has 86 valence electrons. The van der Waals surface area contributed by atoms with Gasteiger partial charge in [0.15, 0.2) is 0 Å². The fourth-order valence-corrected chi connectivity index (χ4v) is 1.79. The molecule has 0 aliphatic carbocycles. The number of benzene rings is 1. The minimum absolute atomic E-state index is 0.523. The highest BCUT2D eigenvalue weighted by Gasteiger charge is 2.12. The average Bonchev–Trinajstić information content (AvgIpc) is 2.72. The Balaban J connectivity index is 1.98. The Morgan fingerprint density at radius 2 is 2.38 bits per heavy atom. The summed E-state index contributed by atoms with van der Waals surface area (Å²) in [5, 5.41) is 8.72. The second-order valence-electron chi connectivity index (χ2n) is 3.99. The molecule has 1 aliphatic heterocycles. The first-order valence-electron chi connectivity index (χ1n) is 5.35. The molecule has 1 amide bonds. The molecule has 0 saturated heterocycles. The van der Waals surface area contributed by atoms with Crippen LogP contribution in [0.2, 0.25) is 0 Å². The molecule has 1 N–H and O–H groups in total. The molecule has 0 spiro atoms. The van der Waals surface area contributed by atoms with Crippen LogP contribution in [0, 0.1) is 0 Å². The number of hydrogen-bond acceptors (Lipinski definition) is 2. The highest BCUT2D eigenvalue weighted by atomic mass is 16.5. The topological polar surface area (TPSA) is 49.8 Å². The van der Waals surface area contributed by atoms with Gasteiger partial charge in [-0.2, -0.15) is 0 Å². The Bertz CT molecular complexity index is 403. The molecule has 0 aromatic heterocycles. The minimum Gasteiger partial charge on any atom is -0.493 e. The van der Waals surface area contributed by atoms with Crippen LogP contribution >= 0.6 is 0 Å². The zero-order chi connectivity index (χ0) is 11.5. The van der Waals surface area contributed by atoms with Gasteiger partial charge >= 0.3 is 6.09 Å². The van der Waals surface area contributed by atoms with E-state index in [-0.39, 0.29) is 0 Å². The molecule has 1 aromatic rings. The zero-order valence-electron chi connectivity index (χ0n) is 9.27. The van der Waals surface area contributed by atoms with Crippen molar-refractivity contribution in [2.75, 3.05) is 20.2 Å². The lowest BCUT2D eigenvalue weighted by molar-refractivity contribution is 0.156. The number of likely N-dealkylation sites (N-methyl/N-ethyl adjacent to an activating group) is 1. The van der Waals surface area contributed by atoms with Crippen molar-refractivity contribution in [1.82, 2.24) is 4.90 Å². The Kier molecular flexibility index (Phi) is 2.99. The van der Waals surface area contributed by atoms with E-state index < -0.39 is 6.09 Å². The first-order valence-corrected chi connectivity index (χ1v) is 5.35. The Hall–Kier alpha value is -1.71. The van der Waals surface area contributed by atoms with E-state index in [0.29, 0.717) is 6.54 Å². The van der Waals surface area contributed by atoms with Gasteiger partial charge in [-0.25, -0.2) is 4.79 Å². The van der Waals surface area contributed by atoms with Crippen LogP contribution in [0.1, 0.15) is 11.1 Å². The van der Waals surface area contributed by atoms with Crippen LogP contribution in [-0.4, -0.2) is 36.3 Å². The summed E-state index contributed by atoms with van der Waals surface area (Å²) in [6.07, 6.45) is 0.818. The van der Waals surface area contributed by atoms with E-state index >= 15 is 0 Å². The van der Waals surface area contributed by atoms with Crippen LogP contribution in [0.25, 0.3) is 0 Å². The third kappa shape index (κ3) is 2.27. The molecule has 0 atom stereocenters. The van der Waals surface area contributed by atoms with Gasteiger partial charge in [0, 0.05) is 20.0 Å². The van der Waals surface area contributed by atoms with Gasteiger partial charge in [-0.1, -0.05) is 12.1 Å². The highest BCUT2D eigenvalue weighted by Crippen LogP contribution is 2.25. The summed E-state index contributed by atoms with van der Waals surface area (Å²) in [4.78, 5) is 11.9. The molecule has 4 nitrogen and oxygen atoms in total. The Morgan fingerprint density at radius 1 is 1.56 bits per heavy atom. The van der Waals surface area contributed by atoms with E-state index in [2.05, 4.69) is 6.07 Å². The summed E-state index contributed by atoms with van der Waals surface area (Å²) in [6.45, 7) is 1.28. The van der Waals surface area contributed by atoms with Crippen LogP contribution in [0.3, 0.4) is 0 Å². The molecule has 1 aliphatic rings. The molecule has 0 bridgehead atoms. The average molecular weight is 221 g/mol. The molecular weight excluding hydrogens is 206 g/mol. The Labute approximate surface area is 94.4 Å². The maximum absolute atomic E-state index is 10.6. The summed E-state index contributed by atoms with van der Waals surface area (Å²) in [6, 6.07) is 6.08. The SMILES string of the molecule is CN(CCc1ccc2c(c1)CCO2)C(=O)O. The summed E-state index contributed by atoms with van der Waals surface area (Å²) >= 11 is 0. The molecule has 0 fully saturated rings. The monoisotopic (exact) mass is 221 g/mol. The molecular formula is C12H15NO3. The van der Waals surface area contributed by atoms with E-state index in [0.717, 1.165) is 30.8 Å². The van der Waals surface area contributed by atoms with Crippen molar-refractivity contribution in [2.24, 2.45) is 0 Å². The number of carboxylic acid groups (broad SMARTS) is 1.